The van der Waals surface area contributed by atoms with Crippen molar-refractivity contribution in [3.63, 3.8) is 0 Å². The predicted octanol–water partition coefficient (Wildman–Crippen LogP) is 0.725. The van der Waals surface area contributed by atoms with Crippen LogP contribution in [0.2, 0.25) is 0 Å². The molecule has 3 rings (SSSR count). The van der Waals surface area contributed by atoms with Crippen LogP contribution >= 0.6 is 0 Å². The van der Waals surface area contributed by atoms with Gasteiger partial charge in [0, 0.05) is 0 Å². The molecule has 3 aromatic rings. The molecule has 17 heavy (non-hydrogen) atoms. The van der Waals surface area contributed by atoms with E-state index in [2.05, 4.69) is 61.5 Å². The summed E-state index contributed by atoms with van der Waals surface area (Å²) in [4.78, 5) is 0. The summed E-state index contributed by atoms with van der Waals surface area (Å²) in [6.45, 7) is 2.18. The first kappa shape index (κ1) is 14.5. The molecule has 0 atom stereocenters. The van der Waals surface area contributed by atoms with E-state index < -0.39 is 0 Å². The standard InChI is InChI=1S/C15H11.BrH.Mg/c1-11-14-8-4-2-6-12(14)10-13-7-3-5-9-15(11)13;;/h2-9H,1H3;1H;/q-1;;+2/p-1. The molecule has 3 aromatic carbocycles. The maximum absolute atomic E-state index is 3.45. The van der Waals surface area contributed by atoms with Gasteiger partial charge in [-0.3, -0.25) is 0 Å². The average molecular weight is 295 g/mol. The zero-order chi connectivity index (χ0) is 10.3. The van der Waals surface area contributed by atoms with E-state index in [4.69, 9.17) is 0 Å². The number of hydrogen-bond donors (Lipinski definition) is 0. The van der Waals surface area contributed by atoms with Crippen LogP contribution in [-0.4, -0.2) is 23.1 Å². The zero-order valence-electron chi connectivity index (χ0n) is 9.70. The van der Waals surface area contributed by atoms with E-state index in [-0.39, 0.29) is 40.0 Å². The van der Waals surface area contributed by atoms with Gasteiger partial charge in [0.15, 0.2) is 0 Å². The Balaban J connectivity index is 0.000000722. The molecule has 0 radical (unpaired) electrons. The molecule has 0 aliphatic heterocycles. The van der Waals surface area contributed by atoms with Crippen LogP contribution in [0, 0.1) is 13.0 Å². The Morgan fingerprint density at radius 3 is 1.65 bits per heavy atom. The van der Waals surface area contributed by atoms with Crippen LogP contribution < -0.4 is 17.0 Å². The second-order valence-corrected chi connectivity index (χ2v) is 3.84. The maximum atomic E-state index is 3.45. The van der Waals surface area contributed by atoms with Crippen molar-refractivity contribution in [3.8, 4) is 0 Å². The first-order valence-electron chi connectivity index (χ1n) is 5.15. The Morgan fingerprint density at radius 1 is 0.765 bits per heavy atom. The number of hydrogen-bond acceptors (Lipinski definition) is 0. The van der Waals surface area contributed by atoms with Crippen molar-refractivity contribution in [2.45, 2.75) is 6.92 Å². The van der Waals surface area contributed by atoms with Crippen LogP contribution in [0.25, 0.3) is 21.5 Å². The van der Waals surface area contributed by atoms with Crippen LogP contribution in [0.4, 0.5) is 0 Å². The Hall–Kier alpha value is -0.574. The fourth-order valence-electron chi connectivity index (χ4n) is 2.13. The van der Waals surface area contributed by atoms with Crippen LogP contribution in [0.15, 0.2) is 48.5 Å². The van der Waals surface area contributed by atoms with Gasteiger partial charge in [-0.15, -0.1) is 34.5 Å². The third kappa shape index (κ3) is 2.49. The van der Waals surface area contributed by atoms with Gasteiger partial charge in [-0.25, -0.2) is 0 Å². The van der Waals surface area contributed by atoms with Crippen molar-refractivity contribution in [1.29, 1.82) is 0 Å². The van der Waals surface area contributed by atoms with Gasteiger partial charge in [0.05, 0.1) is 0 Å². The molecule has 0 fully saturated rings. The van der Waals surface area contributed by atoms with Crippen molar-refractivity contribution in [2.75, 3.05) is 0 Å². The molecule has 0 bridgehead atoms. The Bertz CT molecular complexity index is 593. The Morgan fingerprint density at radius 2 is 1.18 bits per heavy atom. The topological polar surface area (TPSA) is 0 Å². The SMILES string of the molecule is Cc1c2ccccc2[c-]c2ccccc12.[Br-].[Mg+2]. The second kappa shape index (κ2) is 5.85. The van der Waals surface area contributed by atoms with Gasteiger partial charge in [0.2, 0.25) is 0 Å². The fraction of sp³-hybridized carbons (Fsp3) is 0.0667. The summed E-state index contributed by atoms with van der Waals surface area (Å²) in [7, 11) is 0. The molecule has 80 valence electrons. The molecule has 0 spiro atoms. The van der Waals surface area contributed by atoms with E-state index in [9.17, 15) is 0 Å². The number of rotatable bonds is 0. The van der Waals surface area contributed by atoms with E-state index in [1.54, 1.807) is 0 Å². The van der Waals surface area contributed by atoms with Crippen LogP contribution in [0.5, 0.6) is 0 Å². The van der Waals surface area contributed by atoms with Crippen LogP contribution in [-0.2, 0) is 0 Å². The molecule has 0 heterocycles. The quantitative estimate of drug-likeness (QED) is 0.326. The van der Waals surface area contributed by atoms with E-state index in [0.717, 1.165) is 0 Å². The molecule has 0 N–H and O–H groups in total. The summed E-state index contributed by atoms with van der Waals surface area (Å²) < 4.78 is 0. The predicted molar refractivity (Wildman–Crippen MR) is 70.8 cm³/mol. The van der Waals surface area contributed by atoms with Gasteiger partial charge >= 0.3 is 23.1 Å². The molecular formula is C15H11BrMg. The monoisotopic (exact) mass is 294 g/mol. The van der Waals surface area contributed by atoms with Crippen molar-refractivity contribution in [3.05, 3.63) is 60.2 Å². The number of benzene rings is 3. The third-order valence-electron chi connectivity index (χ3n) is 2.93. The smallest absolute Gasteiger partial charge is 1.00 e. The fourth-order valence-corrected chi connectivity index (χ4v) is 2.13. The third-order valence-corrected chi connectivity index (χ3v) is 2.93. The summed E-state index contributed by atoms with van der Waals surface area (Å²) >= 11 is 0. The van der Waals surface area contributed by atoms with Crippen molar-refractivity contribution < 1.29 is 17.0 Å². The molecule has 0 unspecified atom stereocenters. The van der Waals surface area contributed by atoms with Crippen LogP contribution in [0.1, 0.15) is 5.56 Å². The molecule has 0 aliphatic rings. The second-order valence-electron chi connectivity index (χ2n) is 3.84. The number of halogens is 1. The van der Waals surface area contributed by atoms with Gasteiger partial charge in [-0.05, 0) is 0 Å². The van der Waals surface area contributed by atoms with Gasteiger partial charge in [-0.2, -0.15) is 0 Å². The molecule has 0 amide bonds. The van der Waals surface area contributed by atoms with Crippen molar-refractivity contribution in [2.24, 2.45) is 0 Å². The summed E-state index contributed by atoms with van der Waals surface area (Å²) in [5, 5.41) is 5.01. The molecule has 0 aliphatic carbocycles. The van der Waals surface area contributed by atoms with Gasteiger partial charge in [0.25, 0.3) is 0 Å². The van der Waals surface area contributed by atoms with E-state index in [1.807, 2.05) is 0 Å². The Labute approximate surface area is 128 Å². The van der Waals surface area contributed by atoms with Crippen molar-refractivity contribution in [1.82, 2.24) is 0 Å². The van der Waals surface area contributed by atoms with Crippen LogP contribution in [0.3, 0.4) is 0 Å². The first-order chi connectivity index (χ1) is 7.36. The summed E-state index contributed by atoms with van der Waals surface area (Å²) in [5.74, 6) is 0. The minimum atomic E-state index is 0. The molecule has 2 heteroatoms. The van der Waals surface area contributed by atoms with Gasteiger partial charge in [0.1, 0.15) is 0 Å². The van der Waals surface area contributed by atoms with E-state index in [1.165, 1.54) is 27.1 Å². The molecule has 0 aromatic heterocycles. The average Bonchev–Trinajstić information content (AvgIpc) is 2.30. The van der Waals surface area contributed by atoms with Gasteiger partial charge in [-0.1, -0.05) is 54.1 Å². The zero-order valence-corrected chi connectivity index (χ0v) is 12.7. The minimum Gasteiger partial charge on any atom is -1.00 e. The number of fused-ring (bicyclic) bond motifs is 2. The summed E-state index contributed by atoms with van der Waals surface area (Å²) in [6.07, 6.45) is 0. The maximum Gasteiger partial charge on any atom is 2.00 e. The van der Waals surface area contributed by atoms with Gasteiger partial charge < -0.3 is 17.0 Å². The number of aryl methyl sites for hydroxylation is 1. The Kier molecular flexibility index (Phi) is 4.99. The molecule has 0 saturated heterocycles. The van der Waals surface area contributed by atoms with Crippen molar-refractivity contribution >= 4 is 44.6 Å². The normalized spacial score (nSPS) is 9.71. The molecule has 0 nitrogen and oxygen atoms in total. The largest absolute Gasteiger partial charge is 2.00 e. The minimum absolute atomic E-state index is 0. The molecule has 0 saturated carbocycles. The summed E-state index contributed by atoms with van der Waals surface area (Å²) in [5.41, 5.74) is 1.35. The molecular weight excluding hydrogens is 284 g/mol. The first-order valence-corrected chi connectivity index (χ1v) is 5.15. The van der Waals surface area contributed by atoms with E-state index in [0.29, 0.717) is 0 Å². The van der Waals surface area contributed by atoms with E-state index >= 15 is 0 Å². The summed E-state index contributed by atoms with van der Waals surface area (Å²) in [6, 6.07) is 20.3.